The number of carbonyl (C=O) groups is 1. The topological polar surface area (TPSA) is 59.0 Å². The number of nitrogens with one attached hydrogen (secondary N) is 1. The van der Waals surface area contributed by atoms with Crippen LogP contribution in [0.5, 0.6) is 11.5 Å². The van der Waals surface area contributed by atoms with E-state index in [9.17, 15) is 9.18 Å². The number of hydrogen-bond donors (Lipinski definition) is 1. The Balaban J connectivity index is 0.000000385. The molecule has 1 saturated heterocycles. The first kappa shape index (κ1) is 36.0. The number of fused-ring (bicyclic) bond motifs is 1. The number of ether oxygens (including phenoxy) is 2. The van der Waals surface area contributed by atoms with Gasteiger partial charge in [-0.25, -0.2) is 4.39 Å². The van der Waals surface area contributed by atoms with E-state index in [-0.39, 0.29) is 11.9 Å². The molecule has 0 bridgehead atoms. The summed E-state index contributed by atoms with van der Waals surface area (Å²) in [5.74, 6) is 1.47. The van der Waals surface area contributed by atoms with Crippen LogP contribution in [0.15, 0.2) is 72.9 Å². The van der Waals surface area contributed by atoms with Crippen LogP contribution in [-0.2, 0) is 17.9 Å². The van der Waals surface area contributed by atoms with Crippen molar-refractivity contribution in [3.05, 3.63) is 95.4 Å². The molecule has 2 heterocycles. The third kappa shape index (κ3) is 10.6. The Labute approximate surface area is 280 Å². The molecule has 8 heteroatoms. The first-order valence-electron chi connectivity index (χ1n) is 17.0. The van der Waals surface area contributed by atoms with Crippen molar-refractivity contribution in [3.8, 4) is 11.5 Å². The summed E-state index contributed by atoms with van der Waals surface area (Å²) in [6.45, 7) is 19.3. The monoisotopic (exact) mass is 644 g/mol. The summed E-state index contributed by atoms with van der Waals surface area (Å²) in [4.78, 5) is 15.2. The lowest BCUT2D eigenvalue weighted by Gasteiger charge is -2.45. The molecule has 1 aliphatic heterocycles. The van der Waals surface area contributed by atoms with Gasteiger partial charge in [0.1, 0.15) is 23.9 Å². The molecular formula is C39H53FN4O3. The van der Waals surface area contributed by atoms with Gasteiger partial charge in [0.25, 0.3) is 0 Å². The van der Waals surface area contributed by atoms with E-state index in [4.69, 9.17) is 9.47 Å². The van der Waals surface area contributed by atoms with Gasteiger partial charge < -0.3 is 19.4 Å². The number of nitrogens with zero attached hydrogens (tertiary/aromatic N) is 3. The van der Waals surface area contributed by atoms with Gasteiger partial charge in [-0.2, -0.15) is 0 Å². The molecule has 0 aliphatic carbocycles. The first-order chi connectivity index (χ1) is 22.7. The van der Waals surface area contributed by atoms with E-state index in [0.717, 1.165) is 62.6 Å². The summed E-state index contributed by atoms with van der Waals surface area (Å²) >= 11 is 0. The number of hydrogen-bond acceptors (Lipinski definition) is 5. The second-order valence-corrected chi connectivity index (χ2v) is 12.9. The number of para-hydroxylation sites is 1. The first-order valence-corrected chi connectivity index (χ1v) is 17.0. The summed E-state index contributed by atoms with van der Waals surface area (Å²) in [6, 6.07) is 21.8. The van der Waals surface area contributed by atoms with Crippen molar-refractivity contribution in [2.24, 2.45) is 0 Å². The number of aryl methyl sites for hydroxylation is 3. The number of aromatic nitrogens is 1. The van der Waals surface area contributed by atoms with Crippen molar-refractivity contribution in [2.75, 3.05) is 32.8 Å². The normalized spacial score (nSPS) is 16.9. The average Bonchev–Trinajstić information content (AvgIpc) is 3.37. The molecule has 5 rings (SSSR count). The molecule has 1 amide bonds. The van der Waals surface area contributed by atoms with Crippen molar-refractivity contribution >= 4 is 17.3 Å². The Morgan fingerprint density at radius 3 is 2.47 bits per heavy atom. The maximum absolute atomic E-state index is 13.1. The SMILES string of the molecule is CCC1CN(CCOc2ccc(F)cc2)CC(C)N1CCCn1cc(C)c2cccc(OC(C)C)c21.Cc1cccc(CNC=O)c1. The second kappa shape index (κ2) is 17.9. The Kier molecular flexibility index (Phi) is 13.7. The molecule has 7 nitrogen and oxygen atoms in total. The van der Waals surface area contributed by atoms with Gasteiger partial charge in [0.15, 0.2) is 0 Å². The number of amides is 1. The lowest BCUT2D eigenvalue weighted by atomic mass is 10.0. The van der Waals surface area contributed by atoms with E-state index in [1.165, 1.54) is 34.2 Å². The van der Waals surface area contributed by atoms with Crippen molar-refractivity contribution in [2.45, 2.75) is 85.7 Å². The van der Waals surface area contributed by atoms with Crippen LogP contribution in [-0.4, -0.2) is 71.8 Å². The van der Waals surface area contributed by atoms with Gasteiger partial charge in [0.05, 0.1) is 11.6 Å². The molecule has 0 spiro atoms. The van der Waals surface area contributed by atoms with E-state index in [2.05, 4.69) is 84.8 Å². The zero-order chi connectivity index (χ0) is 33.8. The van der Waals surface area contributed by atoms with Crippen LogP contribution in [0.25, 0.3) is 10.9 Å². The summed E-state index contributed by atoms with van der Waals surface area (Å²) in [5.41, 5.74) is 4.87. The highest BCUT2D eigenvalue weighted by atomic mass is 19.1. The van der Waals surface area contributed by atoms with Crippen LogP contribution < -0.4 is 14.8 Å². The van der Waals surface area contributed by atoms with Gasteiger partial charge in [-0.1, -0.05) is 48.9 Å². The number of benzene rings is 3. The smallest absolute Gasteiger partial charge is 0.207 e. The summed E-state index contributed by atoms with van der Waals surface area (Å²) in [7, 11) is 0. The Hall–Kier alpha value is -3.88. The van der Waals surface area contributed by atoms with Gasteiger partial charge >= 0.3 is 0 Å². The lowest BCUT2D eigenvalue weighted by molar-refractivity contribution is -0.109. The second-order valence-electron chi connectivity index (χ2n) is 12.9. The fraction of sp³-hybridized carbons (Fsp3) is 0.462. The molecule has 0 saturated carbocycles. The molecule has 1 fully saturated rings. The van der Waals surface area contributed by atoms with Crippen LogP contribution in [0.3, 0.4) is 0 Å². The van der Waals surface area contributed by atoms with Gasteiger partial charge in [0.2, 0.25) is 6.41 Å². The Morgan fingerprint density at radius 1 is 1.00 bits per heavy atom. The standard InChI is InChI=1S/C30H42FN3O2.C9H11NO/c1-6-26-21-32(17-18-35-27-13-11-25(31)12-14-27)20-24(5)34(26)16-8-15-33-19-23(4)28-9-7-10-29(30(28)33)36-22(2)3;1-8-3-2-4-9(5-8)6-10-7-11/h7,9-14,19,22,24,26H,6,8,15-18,20-21H2,1-5H3;2-5,7H,6H2,1H3,(H,10,11). The zero-order valence-corrected chi connectivity index (χ0v) is 29.0. The van der Waals surface area contributed by atoms with Crippen LogP contribution in [0.2, 0.25) is 0 Å². The maximum Gasteiger partial charge on any atom is 0.207 e. The summed E-state index contributed by atoms with van der Waals surface area (Å²) in [6.07, 6.45) is 5.38. The molecular weight excluding hydrogens is 591 g/mol. The summed E-state index contributed by atoms with van der Waals surface area (Å²) in [5, 5.41) is 3.89. The van der Waals surface area contributed by atoms with E-state index >= 15 is 0 Å². The molecule has 1 aliphatic rings. The van der Waals surface area contributed by atoms with Crippen molar-refractivity contribution in [1.29, 1.82) is 0 Å². The fourth-order valence-corrected chi connectivity index (χ4v) is 6.52. The molecule has 47 heavy (non-hydrogen) atoms. The zero-order valence-electron chi connectivity index (χ0n) is 29.0. The number of piperazine rings is 1. The summed E-state index contributed by atoms with van der Waals surface area (Å²) < 4.78 is 27.5. The third-order valence-electron chi connectivity index (χ3n) is 8.70. The van der Waals surface area contributed by atoms with Crippen molar-refractivity contribution < 1.29 is 18.7 Å². The van der Waals surface area contributed by atoms with E-state index in [0.29, 0.717) is 31.6 Å². The Bertz CT molecular complexity index is 1540. The average molecular weight is 645 g/mol. The predicted octanol–water partition coefficient (Wildman–Crippen LogP) is 7.37. The molecule has 1 aromatic heterocycles. The molecule has 1 N–H and O–H groups in total. The van der Waals surface area contributed by atoms with Gasteiger partial charge in [-0.3, -0.25) is 14.6 Å². The molecule has 0 radical (unpaired) electrons. The minimum atomic E-state index is -0.234. The number of rotatable bonds is 14. The minimum Gasteiger partial charge on any atom is -0.492 e. The molecule has 254 valence electrons. The van der Waals surface area contributed by atoms with E-state index < -0.39 is 0 Å². The lowest BCUT2D eigenvalue weighted by Crippen LogP contribution is -2.58. The van der Waals surface area contributed by atoms with Gasteiger partial charge in [0, 0.05) is 62.9 Å². The number of halogens is 1. The van der Waals surface area contributed by atoms with Crippen molar-refractivity contribution in [1.82, 2.24) is 19.7 Å². The number of carbonyl (C=O) groups excluding carboxylic acids is 1. The van der Waals surface area contributed by atoms with Crippen LogP contribution in [0, 0.1) is 19.7 Å². The minimum absolute atomic E-state index is 0.155. The van der Waals surface area contributed by atoms with Crippen molar-refractivity contribution in [3.63, 3.8) is 0 Å². The van der Waals surface area contributed by atoms with Crippen LogP contribution in [0.4, 0.5) is 4.39 Å². The van der Waals surface area contributed by atoms with E-state index in [1.54, 1.807) is 12.1 Å². The highest BCUT2D eigenvalue weighted by molar-refractivity contribution is 5.89. The molecule has 2 atom stereocenters. The molecule has 4 aromatic rings. The molecule has 3 aromatic carbocycles. The maximum atomic E-state index is 13.1. The van der Waals surface area contributed by atoms with Crippen LogP contribution >= 0.6 is 0 Å². The fourth-order valence-electron chi connectivity index (χ4n) is 6.52. The highest BCUT2D eigenvalue weighted by Crippen LogP contribution is 2.31. The molecule has 2 unspecified atom stereocenters. The largest absolute Gasteiger partial charge is 0.492 e. The van der Waals surface area contributed by atoms with E-state index in [1.807, 2.05) is 25.1 Å². The predicted molar refractivity (Wildman–Crippen MR) is 190 cm³/mol. The van der Waals surface area contributed by atoms with Gasteiger partial charge in [-0.15, -0.1) is 0 Å². The van der Waals surface area contributed by atoms with Gasteiger partial charge in [-0.05, 0) is 88.9 Å². The highest BCUT2D eigenvalue weighted by Gasteiger charge is 2.30. The third-order valence-corrected chi connectivity index (χ3v) is 8.70. The van der Waals surface area contributed by atoms with Crippen LogP contribution in [0.1, 0.15) is 57.2 Å². The Morgan fingerprint density at radius 2 is 1.77 bits per heavy atom. The quantitative estimate of drug-likeness (QED) is 0.145.